The minimum atomic E-state index is 0.220. The molecule has 1 atom stereocenters. The van der Waals surface area contributed by atoms with Gasteiger partial charge in [0.25, 0.3) is 0 Å². The summed E-state index contributed by atoms with van der Waals surface area (Å²) in [4.78, 5) is 4.54. The van der Waals surface area contributed by atoms with Crippen molar-refractivity contribution >= 4 is 5.69 Å². The standard InChI is InChI=1S/C15H21N3O/c1-17-10-11-19-15(12-17)13-18(9-5-8-16)14-6-3-2-4-7-14/h2-4,6-7,15H,5,9-13H2,1H3. The SMILES string of the molecule is CN1CCOC(CN(CCC#N)c2ccccc2)C1. The molecule has 0 aromatic heterocycles. The molecule has 4 nitrogen and oxygen atoms in total. The van der Waals surface area contributed by atoms with Gasteiger partial charge in [0.2, 0.25) is 0 Å². The van der Waals surface area contributed by atoms with Crippen molar-refractivity contribution in [3.05, 3.63) is 30.3 Å². The van der Waals surface area contributed by atoms with Crippen LogP contribution in [-0.2, 0) is 4.74 Å². The van der Waals surface area contributed by atoms with E-state index in [2.05, 4.69) is 35.0 Å². The molecule has 19 heavy (non-hydrogen) atoms. The van der Waals surface area contributed by atoms with Crippen LogP contribution in [0.5, 0.6) is 0 Å². The fraction of sp³-hybridized carbons (Fsp3) is 0.533. The number of morpholine rings is 1. The first-order valence-corrected chi connectivity index (χ1v) is 6.76. The number of likely N-dealkylation sites (N-methyl/N-ethyl adjacent to an activating group) is 1. The summed E-state index contributed by atoms with van der Waals surface area (Å²) in [6, 6.07) is 12.5. The minimum absolute atomic E-state index is 0.220. The lowest BCUT2D eigenvalue weighted by molar-refractivity contribution is -0.0147. The number of benzene rings is 1. The summed E-state index contributed by atoms with van der Waals surface area (Å²) in [6.45, 7) is 4.35. The molecule has 1 aromatic rings. The quantitative estimate of drug-likeness (QED) is 0.807. The Morgan fingerprint density at radius 1 is 1.42 bits per heavy atom. The molecule has 0 spiro atoms. The fourth-order valence-electron chi connectivity index (χ4n) is 2.37. The van der Waals surface area contributed by atoms with Gasteiger partial charge in [-0.15, -0.1) is 0 Å². The predicted molar refractivity (Wildman–Crippen MR) is 76.1 cm³/mol. The smallest absolute Gasteiger partial charge is 0.0876 e. The summed E-state index contributed by atoms with van der Waals surface area (Å²) in [7, 11) is 2.12. The second-order valence-electron chi connectivity index (χ2n) is 4.94. The first kappa shape index (κ1) is 13.9. The first-order valence-electron chi connectivity index (χ1n) is 6.76. The second-order valence-corrected chi connectivity index (χ2v) is 4.94. The Morgan fingerprint density at radius 3 is 2.89 bits per heavy atom. The van der Waals surface area contributed by atoms with E-state index < -0.39 is 0 Å². The molecule has 1 aliphatic heterocycles. The summed E-state index contributed by atoms with van der Waals surface area (Å²) in [5, 5.41) is 8.79. The zero-order valence-corrected chi connectivity index (χ0v) is 11.5. The summed E-state index contributed by atoms with van der Waals surface area (Å²) >= 11 is 0. The van der Waals surface area contributed by atoms with E-state index in [1.807, 2.05) is 18.2 Å². The molecule has 1 unspecified atom stereocenters. The Hall–Kier alpha value is -1.57. The van der Waals surface area contributed by atoms with Crippen LogP contribution in [0.3, 0.4) is 0 Å². The highest BCUT2D eigenvalue weighted by atomic mass is 16.5. The van der Waals surface area contributed by atoms with Crippen LogP contribution in [0.1, 0.15) is 6.42 Å². The molecule has 0 saturated carbocycles. The third-order valence-electron chi connectivity index (χ3n) is 3.38. The highest BCUT2D eigenvalue weighted by molar-refractivity contribution is 5.46. The number of nitriles is 1. The molecule has 0 amide bonds. The first-order chi connectivity index (χ1) is 9.29. The van der Waals surface area contributed by atoms with Gasteiger partial charge in [0, 0.05) is 31.9 Å². The van der Waals surface area contributed by atoms with Crippen molar-refractivity contribution in [3.8, 4) is 6.07 Å². The average Bonchev–Trinajstić information content (AvgIpc) is 2.44. The fourth-order valence-corrected chi connectivity index (χ4v) is 2.37. The number of hydrogen-bond acceptors (Lipinski definition) is 4. The molecule has 102 valence electrons. The number of para-hydroxylation sites is 1. The molecule has 0 N–H and O–H groups in total. The molecule has 0 bridgehead atoms. The Labute approximate surface area is 115 Å². The maximum absolute atomic E-state index is 8.79. The van der Waals surface area contributed by atoms with Gasteiger partial charge in [0.15, 0.2) is 0 Å². The van der Waals surface area contributed by atoms with E-state index in [1.165, 1.54) is 0 Å². The number of rotatable bonds is 5. The molecular formula is C15H21N3O. The highest BCUT2D eigenvalue weighted by Gasteiger charge is 2.20. The molecule has 1 saturated heterocycles. The van der Waals surface area contributed by atoms with E-state index in [4.69, 9.17) is 10.00 Å². The van der Waals surface area contributed by atoms with Gasteiger partial charge in [-0.3, -0.25) is 0 Å². The minimum Gasteiger partial charge on any atom is -0.374 e. The van der Waals surface area contributed by atoms with E-state index >= 15 is 0 Å². The number of ether oxygens (including phenoxy) is 1. The molecule has 0 aliphatic carbocycles. The molecule has 0 radical (unpaired) electrons. The van der Waals surface area contributed by atoms with Gasteiger partial charge in [0.1, 0.15) is 0 Å². The molecule has 1 aromatic carbocycles. The Kier molecular flexibility index (Phi) is 5.20. The van der Waals surface area contributed by atoms with Crippen LogP contribution in [0.4, 0.5) is 5.69 Å². The van der Waals surface area contributed by atoms with Crippen LogP contribution in [0.2, 0.25) is 0 Å². The van der Waals surface area contributed by atoms with Gasteiger partial charge < -0.3 is 14.5 Å². The largest absolute Gasteiger partial charge is 0.374 e. The van der Waals surface area contributed by atoms with Crippen molar-refractivity contribution in [1.82, 2.24) is 4.90 Å². The van der Waals surface area contributed by atoms with Gasteiger partial charge in [0.05, 0.1) is 25.2 Å². The zero-order chi connectivity index (χ0) is 13.5. The van der Waals surface area contributed by atoms with Crippen molar-refractivity contribution in [2.75, 3.05) is 44.7 Å². The molecule has 2 rings (SSSR count). The maximum atomic E-state index is 8.79. The third-order valence-corrected chi connectivity index (χ3v) is 3.38. The van der Waals surface area contributed by atoms with Crippen LogP contribution >= 0.6 is 0 Å². The predicted octanol–water partition coefficient (Wildman–Crippen LogP) is 1.74. The summed E-state index contributed by atoms with van der Waals surface area (Å²) in [6.07, 6.45) is 0.759. The van der Waals surface area contributed by atoms with Crippen molar-refractivity contribution < 1.29 is 4.74 Å². The lowest BCUT2D eigenvalue weighted by Gasteiger charge is -2.34. The Balaban J connectivity index is 1.99. The molecule has 1 fully saturated rings. The molecular weight excluding hydrogens is 238 g/mol. The van der Waals surface area contributed by atoms with Crippen molar-refractivity contribution in [2.45, 2.75) is 12.5 Å². The summed E-state index contributed by atoms with van der Waals surface area (Å²) < 4.78 is 5.81. The van der Waals surface area contributed by atoms with Crippen LogP contribution in [0, 0.1) is 11.3 Å². The zero-order valence-electron chi connectivity index (χ0n) is 11.5. The van der Waals surface area contributed by atoms with Gasteiger partial charge in [-0.1, -0.05) is 18.2 Å². The van der Waals surface area contributed by atoms with Crippen molar-refractivity contribution in [3.63, 3.8) is 0 Å². The van der Waals surface area contributed by atoms with Gasteiger partial charge in [-0.2, -0.15) is 5.26 Å². The summed E-state index contributed by atoms with van der Waals surface area (Å²) in [5.41, 5.74) is 1.16. The molecule has 1 heterocycles. The van der Waals surface area contributed by atoms with E-state index in [0.29, 0.717) is 6.42 Å². The number of nitrogens with zero attached hydrogens (tertiary/aromatic N) is 3. The van der Waals surface area contributed by atoms with E-state index in [1.54, 1.807) is 0 Å². The number of anilines is 1. The van der Waals surface area contributed by atoms with Crippen LogP contribution in [0.25, 0.3) is 0 Å². The van der Waals surface area contributed by atoms with Crippen molar-refractivity contribution in [1.29, 1.82) is 5.26 Å². The van der Waals surface area contributed by atoms with Crippen molar-refractivity contribution in [2.24, 2.45) is 0 Å². The van der Waals surface area contributed by atoms with E-state index in [9.17, 15) is 0 Å². The topological polar surface area (TPSA) is 39.5 Å². The Bertz CT molecular complexity index is 415. The normalized spacial score (nSPS) is 19.9. The second kappa shape index (κ2) is 7.13. The van der Waals surface area contributed by atoms with Gasteiger partial charge >= 0.3 is 0 Å². The highest BCUT2D eigenvalue weighted by Crippen LogP contribution is 2.16. The van der Waals surface area contributed by atoms with E-state index in [-0.39, 0.29) is 6.10 Å². The average molecular weight is 259 g/mol. The molecule has 1 aliphatic rings. The lowest BCUT2D eigenvalue weighted by Crippen LogP contribution is -2.46. The van der Waals surface area contributed by atoms with Crippen LogP contribution in [-0.4, -0.2) is 50.8 Å². The maximum Gasteiger partial charge on any atom is 0.0876 e. The Morgan fingerprint density at radius 2 is 2.21 bits per heavy atom. The van der Waals surface area contributed by atoms with Gasteiger partial charge in [-0.25, -0.2) is 0 Å². The third kappa shape index (κ3) is 4.23. The van der Waals surface area contributed by atoms with Crippen LogP contribution in [0.15, 0.2) is 30.3 Å². The van der Waals surface area contributed by atoms with Crippen LogP contribution < -0.4 is 4.90 Å². The lowest BCUT2D eigenvalue weighted by atomic mass is 10.2. The summed E-state index contributed by atoms with van der Waals surface area (Å²) in [5.74, 6) is 0. The van der Waals surface area contributed by atoms with E-state index in [0.717, 1.165) is 38.5 Å². The van der Waals surface area contributed by atoms with Gasteiger partial charge in [-0.05, 0) is 19.2 Å². The number of hydrogen-bond donors (Lipinski definition) is 0. The monoisotopic (exact) mass is 259 g/mol. The molecule has 4 heteroatoms.